The van der Waals surface area contributed by atoms with Crippen molar-refractivity contribution in [2.24, 2.45) is 0 Å². The number of benzene rings is 1. The minimum atomic E-state index is -5.11. The number of aryl methyl sites for hydroxylation is 2. The average molecular weight is 508 g/mol. The fourth-order valence-electron chi connectivity index (χ4n) is 5.10. The number of hydrogen-bond donors (Lipinski definition) is 0. The predicted octanol–water partition coefficient (Wildman–Crippen LogP) is 4.11. The summed E-state index contributed by atoms with van der Waals surface area (Å²) in [6, 6.07) is 3.70. The molecular formula is C24H28F3N5O4. The van der Waals surface area contributed by atoms with E-state index in [9.17, 15) is 18.0 Å². The molecule has 0 amide bonds. The van der Waals surface area contributed by atoms with Crippen LogP contribution in [0.2, 0.25) is 0 Å². The Labute approximate surface area is 205 Å². The van der Waals surface area contributed by atoms with Crippen LogP contribution in [0.1, 0.15) is 55.7 Å². The summed E-state index contributed by atoms with van der Waals surface area (Å²) in [6.45, 7) is 7.03. The van der Waals surface area contributed by atoms with E-state index in [4.69, 9.17) is 14.0 Å². The Morgan fingerprint density at radius 1 is 1.17 bits per heavy atom. The topological polar surface area (TPSA) is 95.5 Å². The van der Waals surface area contributed by atoms with E-state index in [0.717, 1.165) is 52.0 Å². The van der Waals surface area contributed by atoms with Crippen molar-refractivity contribution in [3.05, 3.63) is 29.3 Å². The van der Waals surface area contributed by atoms with Gasteiger partial charge in [-0.2, -0.15) is 27.9 Å². The molecule has 3 aromatic rings. The molecule has 194 valence electrons. The molecule has 0 saturated carbocycles. The van der Waals surface area contributed by atoms with Gasteiger partial charge >= 0.3 is 12.1 Å². The number of piperidine rings is 1. The number of carbonyl (C=O) groups is 1. The van der Waals surface area contributed by atoms with Crippen molar-refractivity contribution in [3.63, 3.8) is 0 Å². The summed E-state index contributed by atoms with van der Waals surface area (Å²) in [6.07, 6.45) is -0.798. The Kier molecular flexibility index (Phi) is 6.73. The van der Waals surface area contributed by atoms with Gasteiger partial charge in [0.15, 0.2) is 0 Å². The van der Waals surface area contributed by atoms with Crippen LogP contribution in [0.3, 0.4) is 0 Å². The summed E-state index contributed by atoms with van der Waals surface area (Å²) in [5, 5.41) is 8.96. The van der Waals surface area contributed by atoms with Crippen LogP contribution in [0.5, 0.6) is 5.75 Å². The van der Waals surface area contributed by atoms with Crippen molar-refractivity contribution in [3.8, 4) is 11.7 Å². The van der Waals surface area contributed by atoms with Gasteiger partial charge in [-0.05, 0) is 75.0 Å². The second kappa shape index (κ2) is 9.81. The second-order valence-electron chi connectivity index (χ2n) is 9.34. The largest absolute Gasteiger partial charge is 0.491 e. The molecule has 4 heterocycles. The van der Waals surface area contributed by atoms with E-state index in [1.54, 1.807) is 13.0 Å². The maximum absolute atomic E-state index is 12.9. The molecule has 36 heavy (non-hydrogen) atoms. The molecule has 1 aromatic carbocycles. The molecule has 0 atom stereocenters. The maximum Gasteiger partial charge on any atom is 0.491 e. The Morgan fingerprint density at radius 2 is 1.89 bits per heavy atom. The third-order valence-electron chi connectivity index (χ3n) is 6.94. The highest BCUT2D eigenvalue weighted by atomic mass is 19.4. The van der Waals surface area contributed by atoms with Gasteiger partial charge in [0.05, 0.1) is 16.6 Å². The number of fused-ring (bicyclic) bond motifs is 1. The van der Waals surface area contributed by atoms with Gasteiger partial charge < -0.3 is 18.9 Å². The molecule has 0 radical (unpaired) electrons. The maximum atomic E-state index is 12.9. The van der Waals surface area contributed by atoms with Crippen LogP contribution in [0.25, 0.3) is 16.9 Å². The van der Waals surface area contributed by atoms with Crippen LogP contribution >= 0.6 is 0 Å². The van der Waals surface area contributed by atoms with Crippen molar-refractivity contribution in [1.82, 2.24) is 24.8 Å². The van der Waals surface area contributed by atoms with Crippen LogP contribution < -0.4 is 4.74 Å². The van der Waals surface area contributed by atoms with Gasteiger partial charge in [0.2, 0.25) is 5.89 Å². The number of esters is 1. The van der Waals surface area contributed by atoms with Crippen LogP contribution in [-0.4, -0.2) is 69.3 Å². The van der Waals surface area contributed by atoms with Crippen LogP contribution in [0.15, 0.2) is 16.7 Å². The molecule has 2 saturated heterocycles. The zero-order chi connectivity index (χ0) is 25.4. The molecule has 0 aliphatic carbocycles. The van der Waals surface area contributed by atoms with Gasteiger partial charge in [-0.3, -0.25) is 0 Å². The van der Waals surface area contributed by atoms with E-state index in [1.165, 1.54) is 10.7 Å². The lowest BCUT2D eigenvalue weighted by molar-refractivity contribution is -0.189. The summed E-state index contributed by atoms with van der Waals surface area (Å²) in [7, 11) is 0. The highest BCUT2D eigenvalue weighted by molar-refractivity contribution is 5.92. The summed E-state index contributed by atoms with van der Waals surface area (Å²) in [5.41, 5.74) is 1.50. The molecule has 12 heteroatoms. The predicted molar refractivity (Wildman–Crippen MR) is 122 cm³/mol. The van der Waals surface area contributed by atoms with Crippen molar-refractivity contribution >= 4 is 16.9 Å². The molecule has 5 rings (SSSR count). The lowest BCUT2D eigenvalue weighted by atomic mass is 9.94. The van der Waals surface area contributed by atoms with Gasteiger partial charge in [-0.15, -0.1) is 0 Å². The van der Waals surface area contributed by atoms with Gasteiger partial charge in [0.25, 0.3) is 5.95 Å². The van der Waals surface area contributed by atoms with Crippen molar-refractivity contribution in [2.75, 3.05) is 26.3 Å². The summed E-state index contributed by atoms with van der Waals surface area (Å²) >= 11 is 0. The molecule has 0 spiro atoms. The first-order valence-corrected chi connectivity index (χ1v) is 12.2. The number of nitrogens with zero attached hydrogens (tertiary/aromatic N) is 5. The fourth-order valence-corrected chi connectivity index (χ4v) is 5.10. The molecule has 2 aliphatic rings. The first-order valence-electron chi connectivity index (χ1n) is 12.2. The molecule has 0 unspecified atom stereocenters. The number of likely N-dealkylation sites (tertiary alicyclic amines) is 1. The minimum absolute atomic E-state index is 0.125. The molecule has 2 aliphatic heterocycles. The summed E-state index contributed by atoms with van der Waals surface area (Å²) < 4.78 is 55.8. The second-order valence-corrected chi connectivity index (χ2v) is 9.34. The molecule has 0 N–H and O–H groups in total. The van der Waals surface area contributed by atoms with E-state index in [-0.39, 0.29) is 17.6 Å². The highest BCUT2D eigenvalue weighted by Crippen LogP contribution is 2.35. The minimum Gasteiger partial charge on any atom is -0.419 e. The van der Waals surface area contributed by atoms with E-state index in [1.807, 2.05) is 6.92 Å². The van der Waals surface area contributed by atoms with Crippen LogP contribution in [0.4, 0.5) is 13.2 Å². The number of halogens is 3. The van der Waals surface area contributed by atoms with Gasteiger partial charge in [0, 0.05) is 25.2 Å². The number of hydrogen-bond acceptors (Lipinski definition) is 8. The van der Waals surface area contributed by atoms with Gasteiger partial charge in [-0.25, -0.2) is 4.79 Å². The van der Waals surface area contributed by atoms with Crippen LogP contribution in [-0.2, 0) is 16.0 Å². The summed E-state index contributed by atoms with van der Waals surface area (Å²) in [5.74, 6) is -1.63. The summed E-state index contributed by atoms with van der Waals surface area (Å²) in [4.78, 5) is 18.7. The Hall–Kier alpha value is -2.99. The smallest absolute Gasteiger partial charge is 0.419 e. The van der Waals surface area contributed by atoms with E-state index in [0.29, 0.717) is 40.5 Å². The normalized spacial score (nSPS) is 18.7. The molecule has 2 aromatic heterocycles. The van der Waals surface area contributed by atoms with Crippen molar-refractivity contribution in [1.29, 1.82) is 0 Å². The number of aromatic nitrogens is 4. The molecular weight excluding hydrogens is 479 g/mol. The average Bonchev–Trinajstić information content (AvgIpc) is 3.49. The van der Waals surface area contributed by atoms with E-state index < -0.39 is 12.1 Å². The first kappa shape index (κ1) is 24.7. The molecule has 9 nitrogen and oxygen atoms in total. The van der Waals surface area contributed by atoms with E-state index in [2.05, 4.69) is 20.1 Å². The third-order valence-corrected chi connectivity index (χ3v) is 6.94. The Bertz CT molecular complexity index is 1240. The monoisotopic (exact) mass is 507 g/mol. The Balaban J connectivity index is 1.40. The molecule has 2 fully saturated rings. The number of alkyl halides is 3. The first-order chi connectivity index (χ1) is 17.2. The lowest BCUT2D eigenvalue weighted by Crippen LogP contribution is -2.43. The van der Waals surface area contributed by atoms with Gasteiger partial charge in [0.1, 0.15) is 5.75 Å². The van der Waals surface area contributed by atoms with Gasteiger partial charge in [-0.1, -0.05) is 6.92 Å². The SMILES string of the molecule is CCc1nn(-c2noc(C3CCN(C4CCOCC4)CC3)n2)c2cc(C)cc(OC(=O)C(F)(F)F)c12. The lowest BCUT2D eigenvalue weighted by Gasteiger charge is -2.38. The standard InChI is InChI=1S/C24H28F3N5O4/c1-3-17-20-18(12-14(2)13-19(20)35-22(33)24(25,26)27)32(29-17)23-28-21(36-30-23)15-4-8-31(9-5-15)16-6-10-34-11-7-16/h12-13,15-16H,3-11H2,1-2H3. The number of ether oxygens (including phenoxy) is 2. The number of rotatable bonds is 5. The molecule has 0 bridgehead atoms. The fraction of sp³-hybridized carbons (Fsp3) is 0.583. The van der Waals surface area contributed by atoms with Crippen LogP contribution in [0, 0.1) is 6.92 Å². The van der Waals surface area contributed by atoms with Crippen molar-refractivity contribution < 1.29 is 32.0 Å². The quantitative estimate of drug-likeness (QED) is 0.376. The Morgan fingerprint density at radius 3 is 2.56 bits per heavy atom. The third kappa shape index (κ3) is 4.83. The number of carbonyl (C=O) groups excluding carboxylic acids is 1. The van der Waals surface area contributed by atoms with E-state index >= 15 is 0 Å². The zero-order valence-electron chi connectivity index (χ0n) is 20.2. The van der Waals surface area contributed by atoms with Crippen molar-refractivity contribution in [2.45, 2.75) is 64.1 Å². The zero-order valence-corrected chi connectivity index (χ0v) is 20.2. The highest BCUT2D eigenvalue weighted by Gasteiger charge is 2.42.